The van der Waals surface area contributed by atoms with E-state index in [0.717, 1.165) is 0 Å². The van der Waals surface area contributed by atoms with E-state index in [9.17, 15) is 4.39 Å². The fourth-order valence-electron chi connectivity index (χ4n) is 0.916. The van der Waals surface area contributed by atoms with E-state index in [2.05, 4.69) is 10.3 Å². The largest absolute Gasteiger partial charge is 0.394 e. The van der Waals surface area contributed by atoms with Crippen LogP contribution in [0.2, 0.25) is 0 Å². The summed E-state index contributed by atoms with van der Waals surface area (Å²) in [7, 11) is 0. The molecule has 1 rings (SSSR count). The number of nitrogens with one attached hydrogen (secondary N) is 1. The summed E-state index contributed by atoms with van der Waals surface area (Å²) in [6.45, 7) is 1.09. The van der Waals surface area contributed by atoms with Crippen LogP contribution in [-0.4, -0.2) is 33.9 Å². The van der Waals surface area contributed by atoms with Crippen LogP contribution < -0.4 is 5.32 Å². The van der Waals surface area contributed by atoms with Gasteiger partial charge in [0.25, 0.3) is 0 Å². The molecule has 0 bridgehead atoms. The topological polar surface area (TPSA) is 65.4 Å². The maximum absolute atomic E-state index is 12.7. The second-order valence-corrected chi connectivity index (χ2v) is 3.35. The summed E-state index contributed by atoms with van der Waals surface area (Å²) < 4.78 is 12.7. The molecule has 0 spiro atoms. The van der Waals surface area contributed by atoms with Crippen molar-refractivity contribution in [2.24, 2.45) is 0 Å². The van der Waals surface area contributed by atoms with Gasteiger partial charge in [-0.3, -0.25) is 0 Å². The number of aromatic nitrogens is 1. The molecule has 0 saturated carbocycles. The highest BCUT2D eigenvalue weighted by atomic mass is 19.1. The number of hydrogen-bond acceptors (Lipinski definition) is 4. The first-order chi connectivity index (χ1) is 6.59. The summed E-state index contributed by atoms with van der Waals surface area (Å²) in [5, 5.41) is 20.7. The van der Waals surface area contributed by atoms with Crippen LogP contribution in [0.4, 0.5) is 10.2 Å². The van der Waals surface area contributed by atoms with Gasteiger partial charge in [-0.15, -0.1) is 0 Å². The highest BCUT2D eigenvalue weighted by Gasteiger charge is 2.22. The average molecular weight is 200 g/mol. The van der Waals surface area contributed by atoms with Gasteiger partial charge in [-0.1, -0.05) is 6.07 Å². The molecular formula is C9H13FN2O2. The summed E-state index contributed by atoms with van der Waals surface area (Å²) in [5.74, 6) is -0.316. The molecule has 14 heavy (non-hydrogen) atoms. The lowest BCUT2D eigenvalue weighted by molar-refractivity contribution is 0.147. The number of halogens is 1. The van der Waals surface area contributed by atoms with Gasteiger partial charge >= 0.3 is 0 Å². The predicted molar refractivity (Wildman–Crippen MR) is 50.4 cm³/mol. The predicted octanol–water partition coefficient (Wildman–Crippen LogP) is 0.376. The molecule has 4 nitrogen and oxygen atoms in total. The Morgan fingerprint density at radius 3 is 2.57 bits per heavy atom. The average Bonchev–Trinajstić information content (AvgIpc) is 2.18. The molecule has 0 aliphatic heterocycles. The van der Waals surface area contributed by atoms with Crippen molar-refractivity contribution in [2.75, 3.05) is 18.5 Å². The van der Waals surface area contributed by atoms with Gasteiger partial charge in [0.1, 0.15) is 5.82 Å². The van der Waals surface area contributed by atoms with Crippen LogP contribution in [0.3, 0.4) is 0 Å². The number of rotatable bonds is 4. The van der Waals surface area contributed by atoms with Crippen LogP contribution in [0, 0.1) is 5.95 Å². The Morgan fingerprint density at radius 1 is 1.43 bits per heavy atom. The molecule has 0 aliphatic carbocycles. The zero-order valence-corrected chi connectivity index (χ0v) is 7.87. The monoisotopic (exact) mass is 200 g/mol. The molecule has 1 aromatic heterocycles. The van der Waals surface area contributed by atoms with Crippen molar-refractivity contribution in [3.05, 3.63) is 24.1 Å². The standard InChI is InChI=1S/C9H13FN2O2/c1-9(5-13,6-14)12-8-4-2-3-7(10)11-8/h2-4,13-14H,5-6H2,1H3,(H,11,12). The molecule has 0 atom stereocenters. The number of nitrogens with zero attached hydrogens (tertiary/aromatic N) is 1. The van der Waals surface area contributed by atoms with Crippen molar-refractivity contribution in [2.45, 2.75) is 12.5 Å². The Labute approximate surface area is 81.4 Å². The van der Waals surface area contributed by atoms with Gasteiger partial charge in [0, 0.05) is 0 Å². The van der Waals surface area contributed by atoms with Gasteiger partial charge in [0.15, 0.2) is 0 Å². The minimum absolute atomic E-state index is 0.262. The molecule has 0 unspecified atom stereocenters. The first-order valence-electron chi connectivity index (χ1n) is 4.22. The van der Waals surface area contributed by atoms with Gasteiger partial charge in [0.2, 0.25) is 5.95 Å². The van der Waals surface area contributed by atoms with Crippen LogP contribution in [0.1, 0.15) is 6.92 Å². The van der Waals surface area contributed by atoms with Crippen molar-refractivity contribution in [1.82, 2.24) is 4.98 Å². The third-order valence-corrected chi connectivity index (χ3v) is 1.84. The highest BCUT2D eigenvalue weighted by Crippen LogP contribution is 2.12. The first-order valence-corrected chi connectivity index (χ1v) is 4.22. The number of aliphatic hydroxyl groups excluding tert-OH is 2. The fourth-order valence-corrected chi connectivity index (χ4v) is 0.916. The van der Waals surface area contributed by atoms with Gasteiger partial charge in [-0.2, -0.15) is 4.39 Å². The third kappa shape index (κ3) is 2.65. The number of pyridine rings is 1. The summed E-state index contributed by atoms with van der Waals surface area (Å²) >= 11 is 0. The van der Waals surface area contributed by atoms with Gasteiger partial charge in [0.05, 0.1) is 18.8 Å². The second-order valence-electron chi connectivity index (χ2n) is 3.35. The van der Waals surface area contributed by atoms with Gasteiger partial charge in [-0.05, 0) is 19.1 Å². The minimum atomic E-state index is -0.888. The van der Waals surface area contributed by atoms with Crippen LogP contribution >= 0.6 is 0 Å². The Morgan fingerprint density at radius 2 is 2.07 bits per heavy atom. The first kappa shape index (κ1) is 10.9. The Bertz CT molecular complexity index is 303. The van der Waals surface area contributed by atoms with Gasteiger partial charge in [-0.25, -0.2) is 4.98 Å². The lowest BCUT2D eigenvalue weighted by atomic mass is 10.1. The normalized spacial score (nSPS) is 11.4. The maximum atomic E-state index is 12.7. The lowest BCUT2D eigenvalue weighted by Crippen LogP contribution is -2.42. The van der Waals surface area contributed by atoms with Gasteiger partial charge < -0.3 is 15.5 Å². The molecule has 78 valence electrons. The van der Waals surface area contributed by atoms with Crippen LogP contribution in [0.15, 0.2) is 18.2 Å². The molecule has 0 saturated heterocycles. The van der Waals surface area contributed by atoms with Crippen molar-refractivity contribution in [3.8, 4) is 0 Å². The zero-order valence-electron chi connectivity index (χ0n) is 7.87. The molecule has 0 aliphatic rings. The van der Waals surface area contributed by atoms with Crippen LogP contribution in [-0.2, 0) is 0 Å². The van der Waals surface area contributed by atoms with Crippen molar-refractivity contribution in [3.63, 3.8) is 0 Å². The Kier molecular flexibility index (Phi) is 3.38. The molecule has 0 radical (unpaired) electrons. The van der Waals surface area contributed by atoms with Crippen LogP contribution in [0.25, 0.3) is 0 Å². The molecule has 0 aromatic carbocycles. The SMILES string of the molecule is CC(CO)(CO)Nc1cccc(F)n1. The van der Waals surface area contributed by atoms with Crippen molar-refractivity contribution < 1.29 is 14.6 Å². The minimum Gasteiger partial charge on any atom is -0.394 e. The molecule has 0 amide bonds. The summed E-state index contributed by atoms with van der Waals surface area (Å²) in [4.78, 5) is 3.55. The number of hydrogen-bond donors (Lipinski definition) is 3. The fraction of sp³-hybridized carbons (Fsp3) is 0.444. The Balaban J connectivity index is 2.77. The molecule has 1 aromatic rings. The molecule has 5 heteroatoms. The highest BCUT2D eigenvalue weighted by molar-refractivity contribution is 5.37. The van der Waals surface area contributed by atoms with E-state index < -0.39 is 11.5 Å². The number of aliphatic hydroxyl groups is 2. The zero-order chi connectivity index (χ0) is 10.6. The van der Waals surface area contributed by atoms with Crippen molar-refractivity contribution >= 4 is 5.82 Å². The van der Waals surface area contributed by atoms with Crippen LogP contribution in [0.5, 0.6) is 0 Å². The molecule has 0 fully saturated rings. The summed E-state index contributed by atoms with van der Waals surface area (Å²) in [6, 6.07) is 4.28. The van der Waals surface area contributed by atoms with E-state index in [1.54, 1.807) is 13.0 Å². The third-order valence-electron chi connectivity index (χ3n) is 1.84. The number of anilines is 1. The van der Waals surface area contributed by atoms with E-state index in [4.69, 9.17) is 10.2 Å². The van der Waals surface area contributed by atoms with E-state index >= 15 is 0 Å². The lowest BCUT2D eigenvalue weighted by Gasteiger charge is -2.26. The smallest absolute Gasteiger partial charge is 0.214 e. The van der Waals surface area contributed by atoms with Crippen molar-refractivity contribution in [1.29, 1.82) is 0 Å². The van der Waals surface area contributed by atoms with E-state index in [-0.39, 0.29) is 19.0 Å². The maximum Gasteiger partial charge on any atom is 0.214 e. The molecule has 3 N–H and O–H groups in total. The molecular weight excluding hydrogens is 187 g/mol. The second kappa shape index (κ2) is 4.34. The summed E-state index contributed by atoms with van der Waals surface area (Å²) in [6.07, 6.45) is 0. The Hall–Kier alpha value is -1.20. The van der Waals surface area contributed by atoms with E-state index in [1.165, 1.54) is 12.1 Å². The van der Waals surface area contributed by atoms with E-state index in [0.29, 0.717) is 0 Å². The molecule has 1 heterocycles. The summed E-state index contributed by atoms with van der Waals surface area (Å²) in [5.41, 5.74) is -0.888. The van der Waals surface area contributed by atoms with E-state index in [1.807, 2.05) is 0 Å². The quantitative estimate of drug-likeness (QED) is 0.615.